The van der Waals surface area contributed by atoms with Crippen LogP contribution in [0.15, 0.2) is 12.7 Å². The van der Waals surface area contributed by atoms with Gasteiger partial charge >= 0.3 is 0 Å². The number of hydrogen-bond acceptors (Lipinski definition) is 8. The molecule has 0 aliphatic rings. The lowest BCUT2D eigenvalue weighted by molar-refractivity contribution is -0.120. The molecule has 0 aromatic carbocycles. The fraction of sp³-hybridized carbons (Fsp3) is 0.400. The average molecular weight is 277 g/mol. The molecule has 2 aromatic heterocycles. The highest BCUT2D eigenvalue weighted by Gasteiger charge is 2.08. The molecule has 0 aliphatic carbocycles. The van der Waals surface area contributed by atoms with E-state index in [2.05, 4.69) is 41.0 Å². The van der Waals surface area contributed by atoms with E-state index in [1.54, 1.807) is 14.1 Å². The molecule has 1 amide bonds. The van der Waals surface area contributed by atoms with Gasteiger partial charge in [-0.2, -0.15) is 24.7 Å². The minimum Gasteiger partial charge on any atom is -0.359 e. The summed E-state index contributed by atoms with van der Waals surface area (Å²) in [6.45, 7) is 0.420. The summed E-state index contributed by atoms with van der Waals surface area (Å²) in [6.07, 6.45) is 3.21. The van der Waals surface area contributed by atoms with E-state index >= 15 is 0 Å². The number of amides is 1. The Morgan fingerprint density at radius 3 is 2.70 bits per heavy atom. The molecule has 3 N–H and O–H groups in total. The zero-order chi connectivity index (χ0) is 14.4. The maximum absolute atomic E-state index is 11.1. The van der Waals surface area contributed by atoms with Gasteiger partial charge in [0, 0.05) is 27.1 Å². The highest BCUT2D eigenvalue weighted by atomic mass is 16.1. The summed E-state index contributed by atoms with van der Waals surface area (Å²) in [5, 5.41) is 12.3. The second-order valence-electron chi connectivity index (χ2n) is 3.72. The van der Waals surface area contributed by atoms with Crippen LogP contribution in [0.5, 0.6) is 0 Å². The van der Waals surface area contributed by atoms with E-state index in [-0.39, 0.29) is 5.91 Å². The quantitative estimate of drug-likeness (QED) is 0.617. The monoisotopic (exact) mass is 277 g/mol. The molecule has 0 aliphatic heterocycles. The van der Waals surface area contributed by atoms with Crippen LogP contribution in [0.1, 0.15) is 6.42 Å². The van der Waals surface area contributed by atoms with Crippen LogP contribution in [-0.2, 0) is 4.79 Å². The second-order valence-corrected chi connectivity index (χ2v) is 3.72. The Morgan fingerprint density at radius 1 is 1.25 bits per heavy atom. The molecule has 0 bridgehead atoms. The van der Waals surface area contributed by atoms with Gasteiger partial charge in [0.05, 0.1) is 0 Å². The first-order valence-electron chi connectivity index (χ1n) is 5.96. The number of aromatic nitrogens is 6. The lowest BCUT2D eigenvalue weighted by atomic mass is 10.4. The molecule has 0 saturated heterocycles. The summed E-state index contributed by atoms with van der Waals surface area (Å²) in [4.78, 5) is 27.5. The predicted molar refractivity (Wildman–Crippen MR) is 71.5 cm³/mol. The Hall–Kier alpha value is -2.78. The van der Waals surface area contributed by atoms with Gasteiger partial charge in [-0.3, -0.25) is 4.79 Å². The molecule has 2 heterocycles. The molecule has 0 fully saturated rings. The third-order valence-corrected chi connectivity index (χ3v) is 2.38. The maximum Gasteiger partial charge on any atom is 0.258 e. The zero-order valence-electron chi connectivity index (χ0n) is 11.2. The molecule has 0 radical (unpaired) electrons. The topological polar surface area (TPSA) is 123 Å². The Bertz CT molecular complexity index is 568. The van der Waals surface area contributed by atoms with Crippen LogP contribution >= 0.6 is 0 Å². The van der Waals surface area contributed by atoms with E-state index < -0.39 is 0 Å². The smallest absolute Gasteiger partial charge is 0.258 e. The van der Waals surface area contributed by atoms with Gasteiger partial charge in [-0.05, 0) is 0 Å². The summed E-state index contributed by atoms with van der Waals surface area (Å²) in [5.41, 5.74) is 0. The molecule has 10 nitrogen and oxygen atoms in total. The van der Waals surface area contributed by atoms with E-state index in [0.717, 1.165) is 0 Å². The van der Waals surface area contributed by atoms with Crippen molar-refractivity contribution in [2.75, 3.05) is 31.3 Å². The van der Waals surface area contributed by atoms with Crippen molar-refractivity contribution in [3.8, 4) is 5.95 Å². The predicted octanol–water partition coefficient (Wildman–Crippen LogP) is -0.958. The fourth-order valence-corrected chi connectivity index (χ4v) is 1.38. The van der Waals surface area contributed by atoms with Gasteiger partial charge in [-0.25, -0.2) is 4.98 Å². The van der Waals surface area contributed by atoms with Gasteiger partial charge in [0.1, 0.15) is 12.7 Å². The standard InChI is InChI=1S/C10H15N9O/c1-11-7(20)3-4-14-9-16-8(12-2)17-10(18-9)19-6-13-5-15-19/h5-6H,3-4H2,1-2H3,(H,11,20)(H2,12,14,16,17,18). The molecule has 106 valence electrons. The number of carbonyl (C=O) groups is 1. The third-order valence-electron chi connectivity index (χ3n) is 2.38. The van der Waals surface area contributed by atoms with Crippen LogP contribution < -0.4 is 16.0 Å². The highest BCUT2D eigenvalue weighted by molar-refractivity contribution is 5.75. The van der Waals surface area contributed by atoms with Crippen LogP contribution in [-0.4, -0.2) is 56.3 Å². The highest BCUT2D eigenvalue weighted by Crippen LogP contribution is 2.07. The first-order chi connectivity index (χ1) is 9.72. The van der Waals surface area contributed by atoms with Gasteiger partial charge in [-0.15, -0.1) is 0 Å². The number of nitrogens with zero attached hydrogens (tertiary/aromatic N) is 6. The largest absolute Gasteiger partial charge is 0.359 e. The molecule has 10 heteroatoms. The molecular formula is C10H15N9O. The molecule has 2 aromatic rings. The Labute approximate surface area is 115 Å². The third kappa shape index (κ3) is 3.37. The number of carbonyl (C=O) groups excluding carboxylic acids is 1. The van der Waals surface area contributed by atoms with E-state index in [1.165, 1.54) is 17.3 Å². The van der Waals surface area contributed by atoms with Crippen molar-refractivity contribution >= 4 is 17.8 Å². The van der Waals surface area contributed by atoms with Crippen molar-refractivity contribution in [1.82, 2.24) is 35.0 Å². The lowest BCUT2D eigenvalue weighted by Gasteiger charge is -2.07. The number of nitrogens with one attached hydrogen (secondary N) is 3. The van der Waals surface area contributed by atoms with E-state index in [9.17, 15) is 4.79 Å². The van der Waals surface area contributed by atoms with Crippen LogP contribution in [0.2, 0.25) is 0 Å². The summed E-state index contributed by atoms with van der Waals surface area (Å²) < 4.78 is 1.42. The Balaban J connectivity index is 2.12. The summed E-state index contributed by atoms with van der Waals surface area (Å²) in [7, 11) is 3.29. The van der Waals surface area contributed by atoms with Gasteiger partial charge in [0.2, 0.25) is 17.8 Å². The molecule has 2 rings (SSSR count). The normalized spacial score (nSPS) is 10.1. The van der Waals surface area contributed by atoms with Gasteiger partial charge in [0.25, 0.3) is 5.95 Å². The first-order valence-corrected chi connectivity index (χ1v) is 5.96. The lowest BCUT2D eigenvalue weighted by Crippen LogP contribution is -2.21. The minimum absolute atomic E-state index is 0.0584. The van der Waals surface area contributed by atoms with Crippen molar-refractivity contribution in [2.24, 2.45) is 0 Å². The van der Waals surface area contributed by atoms with Crippen LogP contribution in [0.4, 0.5) is 11.9 Å². The molecule has 0 atom stereocenters. The number of rotatable bonds is 6. The number of anilines is 2. The van der Waals surface area contributed by atoms with Crippen molar-refractivity contribution in [3.05, 3.63) is 12.7 Å². The molecule has 0 unspecified atom stereocenters. The summed E-state index contributed by atoms with van der Waals surface area (Å²) in [6, 6.07) is 0. The van der Waals surface area contributed by atoms with Crippen molar-refractivity contribution in [3.63, 3.8) is 0 Å². The summed E-state index contributed by atoms with van der Waals surface area (Å²) in [5.74, 6) is 1.04. The van der Waals surface area contributed by atoms with Crippen LogP contribution in [0.25, 0.3) is 5.95 Å². The molecule has 20 heavy (non-hydrogen) atoms. The minimum atomic E-state index is -0.0584. The van der Waals surface area contributed by atoms with Crippen molar-refractivity contribution < 1.29 is 4.79 Å². The van der Waals surface area contributed by atoms with Gasteiger partial charge < -0.3 is 16.0 Å². The van der Waals surface area contributed by atoms with Gasteiger partial charge in [0.15, 0.2) is 0 Å². The average Bonchev–Trinajstić information content (AvgIpc) is 3.01. The van der Waals surface area contributed by atoms with Crippen LogP contribution in [0.3, 0.4) is 0 Å². The fourth-order valence-electron chi connectivity index (χ4n) is 1.38. The van der Waals surface area contributed by atoms with E-state index in [0.29, 0.717) is 30.8 Å². The van der Waals surface area contributed by atoms with E-state index in [1.807, 2.05) is 0 Å². The van der Waals surface area contributed by atoms with Gasteiger partial charge in [-0.1, -0.05) is 0 Å². The Kier molecular flexibility index (Phi) is 4.37. The first kappa shape index (κ1) is 13.6. The summed E-state index contributed by atoms with van der Waals surface area (Å²) >= 11 is 0. The molecular weight excluding hydrogens is 262 g/mol. The molecule has 0 spiro atoms. The maximum atomic E-state index is 11.1. The zero-order valence-corrected chi connectivity index (χ0v) is 11.2. The van der Waals surface area contributed by atoms with Crippen molar-refractivity contribution in [2.45, 2.75) is 6.42 Å². The second kappa shape index (κ2) is 6.41. The number of hydrogen-bond donors (Lipinski definition) is 3. The Morgan fingerprint density at radius 2 is 2.05 bits per heavy atom. The van der Waals surface area contributed by atoms with E-state index in [4.69, 9.17) is 0 Å². The van der Waals surface area contributed by atoms with Crippen LogP contribution in [0, 0.1) is 0 Å². The van der Waals surface area contributed by atoms with Crippen molar-refractivity contribution in [1.29, 1.82) is 0 Å². The SMILES string of the molecule is CNC(=O)CCNc1nc(NC)nc(-n2cncn2)n1. The molecule has 0 saturated carbocycles.